The smallest absolute Gasteiger partial charge is 0.338 e. The van der Waals surface area contributed by atoms with Crippen LogP contribution >= 0.6 is 21.6 Å². The van der Waals surface area contributed by atoms with Gasteiger partial charge in [-0.3, -0.25) is 4.79 Å². The van der Waals surface area contributed by atoms with Crippen molar-refractivity contribution in [2.45, 2.75) is 6.92 Å². The van der Waals surface area contributed by atoms with Gasteiger partial charge in [0.05, 0.1) is 5.56 Å². The summed E-state index contributed by atoms with van der Waals surface area (Å²) in [4.78, 5) is 36.7. The number of rotatable bonds is 10. The molecule has 0 atom stereocenters. The zero-order valence-electron chi connectivity index (χ0n) is 12.3. The third-order valence-corrected chi connectivity index (χ3v) is 4.51. The third-order valence-electron chi connectivity index (χ3n) is 2.18. The van der Waals surface area contributed by atoms with E-state index in [1.165, 1.54) is 34.6 Å². The maximum Gasteiger partial charge on any atom is 0.338 e. The first-order valence-electron chi connectivity index (χ1n) is 6.46. The fourth-order valence-electron chi connectivity index (χ4n) is 1.37. The summed E-state index contributed by atoms with van der Waals surface area (Å²) in [5, 5.41) is 9.07. The third kappa shape index (κ3) is 8.94. The van der Waals surface area contributed by atoms with E-state index in [-0.39, 0.29) is 19.0 Å². The monoisotopic (exact) mass is 361 g/mol. The van der Waals surface area contributed by atoms with Crippen molar-refractivity contribution in [3.8, 4) is 5.75 Å². The van der Waals surface area contributed by atoms with Crippen molar-refractivity contribution in [3.63, 3.8) is 0 Å². The molecule has 10 heteroatoms. The molecule has 1 aromatic carbocycles. The summed E-state index contributed by atoms with van der Waals surface area (Å²) in [6, 6.07) is 6.15. The van der Waals surface area contributed by atoms with Crippen LogP contribution in [0.25, 0.3) is 0 Å². The Kier molecular flexibility index (Phi) is 8.91. The second-order valence-corrected chi connectivity index (χ2v) is 6.66. The molecule has 0 unspecified atom stereocenters. The summed E-state index contributed by atoms with van der Waals surface area (Å²) in [6.07, 6.45) is 0. The van der Waals surface area contributed by atoms with Crippen LogP contribution in [0.1, 0.15) is 17.3 Å². The van der Waals surface area contributed by atoms with Crippen LogP contribution in [0.2, 0.25) is 0 Å². The number of nitrogens with zero attached hydrogens (tertiary/aromatic N) is 1. The van der Waals surface area contributed by atoms with Gasteiger partial charge in [-0.15, -0.1) is 10.1 Å². The number of hydrogen-bond acceptors (Lipinski definition) is 9. The summed E-state index contributed by atoms with van der Waals surface area (Å²) in [6.45, 7) is 1.49. The minimum atomic E-state index is -0.836. The predicted molar refractivity (Wildman–Crippen MR) is 85.9 cm³/mol. The van der Waals surface area contributed by atoms with Gasteiger partial charge in [-0.05, 0) is 18.2 Å². The molecular weight excluding hydrogens is 346 g/mol. The summed E-state index contributed by atoms with van der Waals surface area (Å²) >= 11 is 0. The molecule has 0 aliphatic heterocycles. The van der Waals surface area contributed by atoms with Crippen molar-refractivity contribution in [1.29, 1.82) is 0 Å². The highest BCUT2D eigenvalue weighted by Crippen LogP contribution is 2.20. The molecule has 1 aromatic rings. The number of benzene rings is 1. The summed E-state index contributed by atoms with van der Waals surface area (Å²) in [5.74, 6) is 0.302. The second kappa shape index (κ2) is 10.7. The van der Waals surface area contributed by atoms with Crippen LogP contribution in [0, 0.1) is 10.1 Å². The largest absolute Gasteiger partial charge is 0.461 e. The molecule has 8 nitrogen and oxygen atoms in total. The quantitative estimate of drug-likeness (QED) is 0.155. The van der Waals surface area contributed by atoms with E-state index in [0.717, 1.165) is 0 Å². The van der Waals surface area contributed by atoms with E-state index in [9.17, 15) is 19.7 Å². The van der Waals surface area contributed by atoms with Gasteiger partial charge in [0.25, 0.3) is 5.09 Å². The first kappa shape index (κ1) is 19.1. The van der Waals surface area contributed by atoms with E-state index in [1.807, 2.05) is 0 Å². The van der Waals surface area contributed by atoms with Crippen molar-refractivity contribution in [2.24, 2.45) is 0 Å². The highest BCUT2D eigenvalue weighted by atomic mass is 33.1. The maximum absolute atomic E-state index is 11.8. The Hall–Kier alpha value is -1.94. The number of esters is 2. The fraction of sp³-hybridized carbons (Fsp3) is 0.385. The van der Waals surface area contributed by atoms with Crippen LogP contribution in [0.4, 0.5) is 0 Å². The number of ether oxygens (including phenoxy) is 2. The molecule has 0 aromatic heterocycles. The van der Waals surface area contributed by atoms with Crippen LogP contribution in [0.3, 0.4) is 0 Å². The molecule has 0 spiro atoms. The molecule has 0 N–H and O–H groups in total. The van der Waals surface area contributed by atoms with Crippen molar-refractivity contribution in [3.05, 3.63) is 39.9 Å². The molecule has 0 aliphatic carbocycles. The van der Waals surface area contributed by atoms with E-state index >= 15 is 0 Å². The van der Waals surface area contributed by atoms with Crippen LogP contribution in [-0.4, -0.2) is 41.7 Å². The average Bonchev–Trinajstić information content (AvgIpc) is 2.49. The molecular formula is C13H15NO7S2. The van der Waals surface area contributed by atoms with E-state index in [2.05, 4.69) is 4.84 Å². The fourth-order valence-corrected chi connectivity index (χ4v) is 3.01. The van der Waals surface area contributed by atoms with Gasteiger partial charge in [0, 0.05) is 18.4 Å². The molecule has 0 radical (unpaired) electrons. The van der Waals surface area contributed by atoms with Crippen LogP contribution in [0.15, 0.2) is 24.3 Å². The molecule has 0 aliphatic rings. The van der Waals surface area contributed by atoms with Crippen molar-refractivity contribution in [1.82, 2.24) is 0 Å². The normalized spacial score (nSPS) is 9.96. The van der Waals surface area contributed by atoms with Gasteiger partial charge in [-0.2, -0.15) is 0 Å². The van der Waals surface area contributed by atoms with Gasteiger partial charge >= 0.3 is 11.9 Å². The summed E-state index contributed by atoms with van der Waals surface area (Å²) < 4.78 is 9.97. The minimum absolute atomic E-state index is 0.0212. The Balaban J connectivity index is 2.21. The predicted octanol–water partition coefficient (Wildman–Crippen LogP) is 2.36. The SMILES string of the molecule is CC(=O)Oc1cccc(C(=O)OCCSSCCO[N+](=O)[O-])c1. The topological polar surface area (TPSA) is 105 Å². The van der Waals surface area contributed by atoms with Gasteiger partial charge < -0.3 is 14.3 Å². The van der Waals surface area contributed by atoms with Crippen LogP contribution in [-0.2, 0) is 14.4 Å². The highest BCUT2D eigenvalue weighted by Gasteiger charge is 2.09. The Labute approximate surface area is 140 Å². The van der Waals surface area contributed by atoms with E-state index in [4.69, 9.17) is 9.47 Å². The van der Waals surface area contributed by atoms with Gasteiger partial charge in [-0.25, -0.2) is 4.79 Å². The van der Waals surface area contributed by atoms with Gasteiger partial charge in [0.15, 0.2) is 0 Å². The molecule has 0 heterocycles. The minimum Gasteiger partial charge on any atom is -0.461 e. The molecule has 0 saturated heterocycles. The van der Waals surface area contributed by atoms with E-state index in [0.29, 0.717) is 17.1 Å². The molecule has 0 saturated carbocycles. The Morgan fingerprint density at radius 3 is 2.57 bits per heavy atom. The van der Waals surface area contributed by atoms with Crippen LogP contribution < -0.4 is 4.74 Å². The lowest BCUT2D eigenvalue weighted by molar-refractivity contribution is -0.756. The van der Waals surface area contributed by atoms with Gasteiger partial charge in [0.2, 0.25) is 0 Å². The molecule has 23 heavy (non-hydrogen) atoms. The lowest BCUT2D eigenvalue weighted by atomic mass is 10.2. The zero-order valence-corrected chi connectivity index (χ0v) is 13.9. The lowest BCUT2D eigenvalue weighted by Gasteiger charge is -2.06. The Bertz CT molecular complexity index is 553. The highest BCUT2D eigenvalue weighted by molar-refractivity contribution is 8.76. The van der Waals surface area contributed by atoms with Crippen molar-refractivity contribution < 1.29 is 29.0 Å². The standard InChI is InChI=1S/C13H15NO7S2/c1-10(15)21-12-4-2-3-11(9-12)13(16)19-5-7-22-23-8-6-20-14(17)18/h2-4,9H,5-8H2,1H3. The van der Waals surface area contributed by atoms with E-state index in [1.54, 1.807) is 18.2 Å². The second-order valence-electron chi connectivity index (χ2n) is 3.96. The summed E-state index contributed by atoms with van der Waals surface area (Å²) in [5.41, 5.74) is 0.292. The molecule has 0 fully saturated rings. The first-order chi connectivity index (χ1) is 11.0. The number of carbonyl (C=O) groups excluding carboxylic acids is 2. The number of carbonyl (C=O) groups is 2. The zero-order chi connectivity index (χ0) is 17.1. The van der Waals surface area contributed by atoms with Crippen LogP contribution in [0.5, 0.6) is 5.75 Å². The van der Waals surface area contributed by atoms with Crippen molar-refractivity contribution in [2.75, 3.05) is 24.7 Å². The molecule has 1 rings (SSSR count). The average molecular weight is 361 g/mol. The summed E-state index contributed by atoms with van der Waals surface area (Å²) in [7, 11) is 2.81. The molecule has 0 amide bonds. The first-order valence-corrected chi connectivity index (χ1v) is 8.95. The Morgan fingerprint density at radius 1 is 1.22 bits per heavy atom. The lowest BCUT2D eigenvalue weighted by Crippen LogP contribution is -2.09. The Morgan fingerprint density at radius 2 is 1.91 bits per heavy atom. The van der Waals surface area contributed by atoms with E-state index < -0.39 is 17.0 Å². The molecule has 0 bridgehead atoms. The maximum atomic E-state index is 11.8. The molecule has 126 valence electrons. The van der Waals surface area contributed by atoms with Crippen molar-refractivity contribution >= 4 is 33.5 Å². The van der Waals surface area contributed by atoms with Gasteiger partial charge in [0.1, 0.15) is 19.0 Å². The number of hydrogen-bond donors (Lipinski definition) is 0. The van der Waals surface area contributed by atoms with Gasteiger partial charge in [-0.1, -0.05) is 27.7 Å².